The van der Waals surface area contributed by atoms with Crippen molar-refractivity contribution in [3.05, 3.63) is 53.6 Å². The molecule has 0 radical (unpaired) electrons. The van der Waals surface area contributed by atoms with Crippen LogP contribution >= 0.6 is 0 Å². The third-order valence-corrected chi connectivity index (χ3v) is 4.84. The summed E-state index contributed by atoms with van der Waals surface area (Å²) in [6, 6.07) is 7.60. The van der Waals surface area contributed by atoms with Crippen LogP contribution in [-0.2, 0) is 13.6 Å². The van der Waals surface area contributed by atoms with Crippen molar-refractivity contribution in [3.63, 3.8) is 0 Å². The number of aromatic nitrogens is 2. The Morgan fingerprint density at radius 1 is 1.23 bits per heavy atom. The average Bonchev–Trinajstić information content (AvgIpc) is 3.05. The Kier molecular flexibility index (Phi) is 5.55. The molecule has 2 aromatic rings. The number of urea groups is 1. The van der Waals surface area contributed by atoms with Gasteiger partial charge in [-0.05, 0) is 31.4 Å². The number of aryl methyl sites for hydroxylation is 2. The second kappa shape index (κ2) is 8.03. The molecule has 0 saturated carbocycles. The topological polar surface area (TPSA) is 79.3 Å². The molecule has 3 rings (SSSR count). The van der Waals surface area contributed by atoms with Crippen molar-refractivity contribution in [1.82, 2.24) is 25.1 Å². The van der Waals surface area contributed by atoms with Crippen molar-refractivity contribution in [2.45, 2.75) is 32.4 Å². The van der Waals surface area contributed by atoms with E-state index < -0.39 is 0 Å². The molecular formula is C19H25N5O2. The number of benzene rings is 1. The van der Waals surface area contributed by atoms with Gasteiger partial charge in [-0.2, -0.15) is 0 Å². The maximum atomic E-state index is 12.4. The van der Waals surface area contributed by atoms with Crippen molar-refractivity contribution in [2.24, 2.45) is 7.05 Å². The largest absolute Gasteiger partial charge is 0.349 e. The number of hydrogen-bond acceptors (Lipinski definition) is 3. The van der Waals surface area contributed by atoms with Crippen LogP contribution in [0.15, 0.2) is 36.8 Å². The summed E-state index contributed by atoms with van der Waals surface area (Å²) in [6.07, 6.45) is 4.98. The highest BCUT2D eigenvalue weighted by Crippen LogP contribution is 2.13. The Bertz CT molecular complexity index is 778. The molecule has 1 aliphatic rings. The van der Waals surface area contributed by atoms with Crippen LogP contribution in [0, 0.1) is 6.92 Å². The van der Waals surface area contributed by atoms with Gasteiger partial charge < -0.3 is 20.1 Å². The monoisotopic (exact) mass is 355 g/mol. The minimum atomic E-state index is -0.0742. The van der Waals surface area contributed by atoms with Gasteiger partial charge in [-0.1, -0.05) is 18.2 Å². The number of likely N-dealkylation sites (tertiary alicyclic amines) is 1. The number of hydrogen-bond donors (Lipinski definition) is 2. The van der Waals surface area contributed by atoms with Gasteiger partial charge in [0.25, 0.3) is 5.91 Å². The number of rotatable bonds is 4. The lowest BCUT2D eigenvalue weighted by Crippen LogP contribution is -2.49. The normalized spacial score (nSPS) is 14.9. The van der Waals surface area contributed by atoms with Gasteiger partial charge in [-0.3, -0.25) is 4.79 Å². The molecule has 0 spiro atoms. The smallest absolute Gasteiger partial charge is 0.317 e. The number of imidazole rings is 1. The molecule has 7 heteroatoms. The van der Waals surface area contributed by atoms with Gasteiger partial charge in [0.15, 0.2) is 0 Å². The summed E-state index contributed by atoms with van der Waals surface area (Å²) in [6.45, 7) is 3.66. The SMILES string of the molecule is Cc1ccccc1C(=O)NC1CCN(C(=O)NCc2cncn2C)CC1. The third kappa shape index (κ3) is 4.22. The van der Waals surface area contributed by atoms with Crippen molar-refractivity contribution < 1.29 is 9.59 Å². The lowest BCUT2D eigenvalue weighted by atomic mass is 10.0. The van der Waals surface area contributed by atoms with E-state index in [4.69, 9.17) is 0 Å². The summed E-state index contributed by atoms with van der Waals surface area (Å²) in [5.41, 5.74) is 2.64. The van der Waals surface area contributed by atoms with Crippen LogP contribution in [0.4, 0.5) is 4.79 Å². The zero-order chi connectivity index (χ0) is 18.5. The van der Waals surface area contributed by atoms with Gasteiger partial charge in [0.2, 0.25) is 0 Å². The van der Waals surface area contributed by atoms with Crippen LogP contribution in [-0.4, -0.2) is 45.5 Å². The molecule has 2 N–H and O–H groups in total. The molecule has 0 unspecified atom stereocenters. The molecule has 0 bridgehead atoms. The maximum absolute atomic E-state index is 12.4. The molecule has 138 valence electrons. The highest BCUT2D eigenvalue weighted by molar-refractivity contribution is 5.95. The number of carbonyl (C=O) groups is 2. The first-order chi connectivity index (χ1) is 12.5. The fourth-order valence-electron chi connectivity index (χ4n) is 3.15. The molecule has 1 fully saturated rings. The van der Waals surface area contributed by atoms with E-state index in [1.54, 1.807) is 17.4 Å². The van der Waals surface area contributed by atoms with Crippen LogP contribution in [0.25, 0.3) is 0 Å². The van der Waals surface area contributed by atoms with Crippen molar-refractivity contribution in [2.75, 3.05) is 13.1 Å². The summed E-state index contributed by atoms with van der Waals surface area (Å²) in [5.74, 6) is -0.0396. The summed E-state index contributed by atoms with van der Waals surface area (Å²) in [4.78, 5) is 30.5. The van der Waals surface area contributed by atoms with Gasteiger partial charge in [-0.25, -0.2) is 9.78 Å². The molecule has 2 heterocycles. The minimum absolute atomic E-state index is 0.0396. The van der Waals surface area contributed by atoms with Crippen LogP contribution in [0.3, 0.4) is 0 Å². The second-order valence-corrected chi connectivity index (χ2v) is 6.70. The van der Waals surface area contributed by atoms with E-state index in [-0.39, 0.29) is 18.0 Å². The molecular weight excluding hydrogens is 330 g/mol. The minimum Gasteiger partial charge on any atom is -0.349 e. The van der Waals surface area contributed by atoms with Crippen molar-refractivity contribution >= 4 is 11.9 Å². The van der Waals surface area contributed by atoms with Gasteiger partial charge >= 0.3 is 6.03 Å². The maximum Gasteiger partial charge on any atom is 0.317 e. The number of nitrogens with one attached hydrogen (secondary N) is 2. The highest BCUT2D eigenvalue weighted by atomic mass is 16.2. The molecule has 1 aliphatic heterocycles. The molecule has 0 atom stereocenters. The zero-order valence-corrected chi connectivity index (χ0v) is 15.2. The van der Waals surface area contributed by atoms with Crippen LogP contribution < -0.4 is 10.6 Å². The van der Waals surface area contributed by atoms with Gasteiger partial charge in [0.05, 0.1) is 18.6 Å². The quantitative estimate of drug-likeness (QED) is 0.878. The fraction of sp³-hybridized carbons (Fsp3) is 0.421. The molecule has 3 amide bonds. The van der Waals surface area contributed by atoms with Crippen LogP contribution in [0.1, 0.15) is 34.5 Å². The predicted octanol–water partition coefficient (Wildman–Crippen LogP) is 1.83. The lowest BCUT2D eigenvalue weighted by Gasteiger charge is -2.32. The van der Waals surface area contributed by atoms with Crippen molar-refractivity contribution in [1.29, 1.82) is 0 Å². The zero-order valence-electron chi connectivity index (χ0n) is 15.2. The van der Waals surface area contributed by atoms with Gasteiger partial charge in [0, 0.05) is 37.9 Å². The summed E-state index contributed by atoms with van der Waals surface area (Å²) < 4.78 is 1.88. The number of nitrogens with zero attached hydrogens (tertiary/aromatic N) is 3. The Labute approximate surface area is 153 Å². The third-order valence-electron chi connectivity index (χ3n) is 4.84. The molecule has 1 saturated heterocycles. The highest BCUT2D eigenvalue weighted by Gasteiger charge is 2.24. The van der Waals surface area contributed by atoms with E-state index in [2.05, 4.69) is 15.6 Å². The standard InChI is InChI=1S/C19H25N5O2/c1-14-5-3-4-6-17(14)18(25)22-15-7-9-24(10-8-15)19(26)21-12-16-11-20-13-23(16)2/h3-6,11,13,15H,7-10,12H2,1-2H3,(H,21,26)(H,22,25). The number of carbonyl (C=O) groups excluding carboxylic acids is 2. The molecule has 1 aromatic carbocycles. The fourth-order valence-corrected chi connectivity index (χ4v) is 3.15. The van der Waals surface area contributed by atoms with E-state index in [9.17, 15) is 9.59 Å². The lowest BCUT2D eigenvalue weighted by molar-refractivity contribution is 0.0917. The average molecular weight is 355 g/mol. The molecule has 7 nitrogen and oxygen atoms in total. The first-order valence-electron chi connectivity index (χ1n) is 8.89. The molecule has 1 aromatic heterocycles. The van der Waals surface area contributed by atoms with Gasteiger partial charge in [0.1, 0.15) is 0 Å². The Morgan fingerprint density at radius 2 is 1.96 bits per heavy atom. The Hall–Kier alpha value is -2.83. The second-order valence-electron chi connectivity index (χ2n) is 6.70. The first-order valence-corrected chi connectivity index (χ1v) is 8.89. The Balaban J connectivity index is 1.45. The van der Waals surface area contributed by atoms with Crippen LogP contribution in [0.5, 0.6) is 0 Å². The predicted molar refractivity (Wildman–Crippen MR) is 98.7 cm³/mol. The Morgan fingerprint density at radius 3 is 2.62 bits per heavy atom. The van der Waals surface area contributed by atoms with E-state index in [1.165, 1.54) is 0 Å². The van der Waals surface area contributed by atoms with Crippen molar-refractivity contribution in [3.8, 4) is 0 Å². The first kappa shape index (κ1) is 18.0. The molecule has 0 aliphatic carbocycles. The summed E-state index contributed by atoms with van der Waals surface area (Å²) >= 11 is 0. The van der Waals surface area contributed by atoms with E-state index in [0.717, 1.165) is 24.1 Å². The van der Waals surface area contributed by atoms with E-state index >= 15 is 0 Å². The molecule has 26 heavy (non-hydrogen) atoms. The summed E-state index contributed by atoms with van der Waals surface area (Å²) in [7, 11) is 1.90. The number of amides is 3. The van der Waals surface area contributed by atoms with Crippen LogP contribution in [0.2, 0.25) is 0 Å². The van der Waals surface area contributed by atoms with E-state index in [1.807, 2.05) is 42.8 Å². The van der Waals surface area contributed by atoms with E-state index in [0.29, 0.717) is 25.2 Å². The summed E-state index contributed by atoms with van der Waals surface area (Å²) in [5, 5.41) is 6.01. The number of piperidine rings is 1. The van der Waals surface area contributed by atoms with Gasteiger partial charge in [-0.15, -0.1) is 0 Å².